The summed E-state index contributed by atoms with van der Waals surface area (Å²) in [5, 5.41) is 8.14. The first-order valence-electron chi connectivity index (χ1n) is 3.57. The van der Waals surface area contributed by atoms with Crippen LogP contribution in [-0.2, 0) is 0 Å². The van der Waals surface area contributed by atoms with Crippen LogP contribution in [0.3, 0.4) is 0 Å². The van der Waals surface area contributed by atoms with E-state index in [2.05, 4.69) is 26.1 Å². The predicted octanol–water partition coefficient (Wildman–Crippen LogP) is 2.68. The van der Waals surface area contributed by atoms with Crippen molar-refractivity contribution < 1.29 is 0 Å². The average Bonchev–Trinajstić information content (AvgIpc) is 2.56. The van der Waals surface area contributed by atoms with Gasteiger partial charge in [0, 0.05) is 9.50 Å². The van der Waals surface area contributed by atoms with Crippen LogP contribution >= 0.6 is 27.5 Å². The normalized spacial score (nSPS) is 10.3. The number of benzene rings is 1. The van der Waals surface area contributed by atoms with Gasteiger partial charge in [0.05, 0.1) is 5.69 Å². The van der Waals surface area contributed by atoms with Gasteiger partial charge in [-0.05, 0) is 34.1 Å². The summed E-state index contributed by atoms with van der Waals surface area (Å²) in [6.45, 7) is 0. The van der Waals surface area contributed by atoms with Crippen molar-refractivity contribution in [3.8, 4) is 5.69 Å². The molecule has 0 atom stereocenters. The molecule has 0 aliphatic rings. The molecule has 66 valence electrons. The second-order valence-electron chi connectivity index (χ2n) is 2.46. The zero-order valence-electron chi connectivity index (χ0n) is 6.48. The highest BCUT2D eigenvalue weighted by Crippen LogP contribution is 2.24. The molecule has 2 rings (SSSR count). The van der Waals surface area contributed by atoms with E-state index in [9.17, 15) is 0 Å². The Morgan fingerprint density at radius 3 is 2.54 bits per heavy atom. The molecule has 2 aromatic rings. The van der Waals surface area contributed by atoms with Crippen LogP contribution in [0.25, 0.3) is 5.69 Å². The first kappa shape index (κ1) is 8.72. The quantitative estimate of drug-likeness (QED) is 0.787. The lowest BCUT2D eigenvalue weighted by Gasteiger charge is -2.03. The summed E-state index contributed by atoms with van der Waals surface area (Å²) in [6, 6.07) is 5.55. The van der Waals surface area contributed by atoms with Crippen molar-refractivity contribution in [2.45, 2.75) is 0 Å². The summed E-state index contributed by atoms with van der Waals surface area (Å²) < 4.78 is 2.72. The van der Waals surface area contributed by atoms with Gasteiger partial charge in [-0.3, -0.25) is 4.57 Å². The lowest BCUT2D eigenvalue weighted by atomic mass is 10.3. The van der Waals surface area contributed by atoms with Gasteiger partial charge in [-0.2, -0.15) is 0 Å². The fourth-order valence-electron chi connectivity index (χ4n) is 1.02. The van der Waals surface area contributed by atoms with E-state index in [-0.39, 0.29) is 0 Å². The molecule has 0 unspecified atom stereocenters. The van der Waals surface area contributed by atoms with Crippen LogP contribution in [0.4, 0.5) is 0 Å². The lowest BCUT2D eigenvalue weighted by molar-refractivity contribution is 1.05. The molecule has 0 aliphatic heterocycles. The van der Waals surface area contributed by atoms with Crippen molar-refractivity contribution in [2.75, 3.05) is 0 Å². The molecule has 1 aromatic carbocycles. The highest BCUT2D eigenvalue weighted by Gasteiger charge is 2.01. The van der Waals surface area contributed by atoms with Gasteiger partial charge in [0.2, 0.25) is 0 Å². The number of hydrogen-bond acceptors (Lipinski definition) is 2. The van der Waals surface area contributed by atoms with Crippen LogP contribution in [0.15, 0.2) is 35.3 Å². The van der Waals surface area contributed by atoms with Gasteiger partial charge >= 0.3 is 0 Å². The van der Waals surface area contributed by atoms with Crippen molar-refractivity contribution >= 4 is 27.5 Å². The van der Waals surface area contributed by atoms with Crippen LogP contribution in [-0.4, -0.2) is 14.8 Å². The van der Waals surface area contributed by atoms with Crippen LogP contribution in [0, 0.1) is 0 Å². The summed E-state index contributed by atoms with van der Waals surface area (Å²) in [7, 11) is 0. The highest BCUT2D eigenvalue weighted by molar-refractivity contribution is 9.10. The molecule has 1 aromatic heterocycles. The van der Waals surface area contributed by atoms with Crippen LogP contribution < -0.4 is 0 Å². The molecule has 0 radical (unpaired) electrons. The molecule has 3 nitrogen and oxygen atoms in total. The molecule has 5 heteroatoms. The Morgan fingerprint density at radius 2 is 1.92 bits per heavy atom. The number of hydrogen-bond donors (Lipinski definition) is 0. The second-order valence-corrected chi connectivity index (χ2v) is 3.76. The van der Waals surface area contributed by atoms with Gasteiger partial charge < -0.3 is 0 Å². The molecule has 0 spiro atoms. The van der Waals surface area contributed by atoms with Gasteiger partial charge in [-0.15, -0.1) is 10.2 Å². The topological polar surface area (TPSA) is 30.7 Å². The minimum absolute atomic E-state index is 0.698. The van der Waals surface area contributed by atoms with E-state index in [4.69, 9.17) is 11.6 Å². The minimum atomic E-state index is 0.698. The Kier molecular flexibility index (Phi) is 2.33. The Bertz CT molecular complexity index is 413. The first-order valence-corrected chi connectivity index (χ1v) is 4.74. The van der Waals surface area contributed by atoms with E-state index in [1.54, 1.807) is 17.2 Å². The number of halogens is 2. The van der Waals surface area contributed by atoms with Crippen molar-refractivity contribution in [1.29, 1.82) is 0 Å². The molecule has 0 aliphatic carbocycles. The predicted molar refractivity (Wildman–Crippen MR) is 54.1 cm³/mol. The third-order valence-corrected chi connectivity index (χ3v) is 2.48. The Labute approximate surface area is 88.5 Å². The SMILES string of the molecule is Clc1ccc(-n2cnnc2)c(Br)c1. The molecule has 0 N–H and O–H groups in total. The lowest BCUT2D eigenvalue weighted by Crippen LogP contribution is -1.90. The van der Waals surface area contributed by atoms with Crippen LogP contribution in [0.1, 0.15) is 0 Å². The zero-order valence-corrected chi connectivity index (χ0v) is 8.83. The van der Waals surface area contributed by atoms with Gasteiger partial charge in [-0.1, -0.05) is 11.6 Å². The van der Waals surface area contributed by atoms with Crippen molar-refractivity contribution in [2.24, 2.45) is 0 Å². The third kappa shape index (κ3) is 1.73. The molecular formula is C8H5BrClN3. The third-order valence-electron chi connectivity index (χ3n) is 1.61. The zero-order chi connectivity index (χ0) is 9.26. The first-order chi connectivity index (χ1) is 6.27. The highest BCUT2D eigenvalue weighted by atomic mass is 79.9. The van der Waals surface area contributed by atoms with Gasteiger partial charge in [-0.25, -0.2) is 0 Å². The van der Waals surface area contributed by atoms with Gasteiger partial charge in [0.25, 0.3) is 0 Å². The molecular weight excluding hydrogens is 253 g/mol. The summed E-state index contributed by atoms with van der Waals surface area (Å²) in [5.74, 6) is 0. The fraction of sp³-hybridized carbons (Fsp3) is 0. The summed E-state index contributed by atoms with van der Waals surface area (Å²) in [6.07, 6.45) is 3.27. The van der Waals surface area contributed by atoms with Crippen molar-refractivity contribution in [1.82, 2.24) is 14.8 Å². The molecule has 0 amide bonds. The maximum absolute atomic E-state index is 5.81. The van der Waals surface area contributed by atoms with E-state index in [1.165, 1.54) is 0 Å². The number of rotatable bonds is 1. The molecule has 0 fully saturated rings. The maximum Gasteiger partial charge on any atom is 0.123 e. The van der Waals surface area contributed by atoms with E-state index in [1.807, 2.05) is 18.2 Å². The monoisotopic (exact) mass is 257 g/mol. The second kappa shape index (κ2) is 3.47. The van der Waals surface area contributed by atoms with Crippen molar-refractivity contribution in [3.05, 3.63) is 40.3 Å². The van der Waals surface area contributed by atoms with Gasteiger partial charge in [0.15, 0.2) is 0 Å². The molecule has 13 heavy (non-hydrogen) atoms. The van der Waals surface area contributed by atoms with Crippen molar-refractivity contribution in [3.63, 3.8) is 0 Å². The van der Waals surface area contributed by atoms with E-state index in [0.29, 0.717) is 5.02 Å². The average molecular weight is 259 g/mol. The molecule has 0 saturated carbocycles. The standard InChI is InChI=1S/C8H5BrClN3/c9-7-3-6(10)1-2-8(7)13-4-11-12-5-13/h1-5H. The Hall–Kier alpha value is -0.870. The Balaban J connectivity index is 2.53. The molecule has 1 heterocycles. The number of aromatic nitrogens is 3. The maximum atomic E-state index is 5.81. The van der Waals surface area contributed by atoms with Crippen LogP contribution in [0.5, 0.6) is 0 Å². The summed E-state index contributed by atoms with van der Waals surface area (Å²) in [5.41, 5.74) is 0.967. The number of nitrogens with zero attached hydrogens (tertiary/aromatic N) is 3. The fourth-order valence-corrected chi connectivity index (χ4v) is 1.90. The molecule has 0 bridgehead atoms. The largest absolute Gasteiger partial charge is 0.287 e. The van der Waals surface area contributed by atoms with Gasteiger partial charge in [0.1, 0.15) is 12.7 Å². The Morgan fingerprint density at radius 1 is 1.23 bits per heavy atom. The van der Waals surface area contributed by atoms with E-state index >= 15 is 0 Å². The van der Waals surface area contributed by atoms with E-state index in [0.717, 1.165) is 10.2 Å². The summed E-state index contributed by atoms with van der Waals surface area (Å²) in [4.78, 5) is 0. The van der Waals surface area contributed by atoms with Crippen LogP contribution in [0.2, 0.25) is 5.02 Å². The summed E-state index contributed by atoms with van der Waals surface area (Å²) >= 11 is 9.22. The smallest absolute Gasteiger partial charge is 0.123 e. The molecule has 0 saturated heterocycles. The van der Waals surface area contributed by atoms with E-state index < -0.39 is 0 Å². The minimum Gasteiger partial charge on any atom is -0.287 e.